The fourth-order valence-corrected chi connectivity index (χ4v) is 5.60. The molecule has 2 aromatic heterocycles. The Morgan fingerprint density at radius 1 is 1.12 bits per heavy atom. The monoisotopic (exact) mass is 567 g/mol. The smallest absolute Gasteiger partial charge is 0.264 e. The van der Waals surface area contributed by atoms with Gasteiger partial charge in [-0.3, -0.25) is 4.79 Å². The fourth-order valence-electron chi connectivity index (χ4n) is 5.60. The van der Waals surface area contributed by atoms with Gasteiger partial charge in [0.1, 0.15) is 46.8 Å². The van der Waals surface area contributed by atoms with E-state index in [0.29, 0.717) is 61.0 Å². The average Bonchev–Trinajstić information content (AvgIpc) is 3.41. The number of carbonyl (C=O) groups is 1. The molecule has 2 saturated heterocycles. The van der Waals surface area contributed by atoms with Gasteiger partial charge in [-0.2, -0.15) is 10.4 Å². The minimum Gasteiger partial charge on any atom is -0.457 e. The highest BCUT2D eigenvalue weighted by Crippen LogP contribution is 2.36. The summed E-state index contributed by atoms with van der Waals surface area (Å²) in [6.45, 7) is 2.12. The molecule has 1 atom stereocenters. The van der Waals surface area contributed by atoms with Crippen molar-refractivity contribution in [3.63, 3.8) is 0 Å². The minimum atomic E-state index is -0.532. The zero-order valence-corrected chi connectivity index (χ0v) is 22.9. The standard InChI is InChI=1S/C31H30FN7O3/c32-26-16-24(42-23-6-2-1-3-7-23)8-9-25(26)28-27-29(34)35-19-36-30(27)39(37-28)22-5-4-12-38(18-22)31(40)21(17-33)15-20-10-13-41-14-11-20/h1-3,6-9,15-16,19-20,22H,4-5,10-14,18H2,(H2,34,35,36)/b21-15+/t22-/m0/s1. The number of fused-ring (bicyclic) bond motifs is 1. The lowest BCUT2D eigenvalue weighted by atomic mass is 9.96. The zero-order chi connectivity index (χ0) is 29.1. The number of aromatic nitrogens is 4. The summed E-state index contributed by atoms with van der Waals surface area (Å²) in [5.41, 5.74) is 7.43. The van der Waals surface area contributed by atoms with E-state index in [1.165, 1.54) is 12.4 Å². The molecule has 4 aromatic rings. The van der Waals surface area contributed by atoms with Gasteiger partial charge in [0.05, 0.1) is 11.4 Å². The van der Waals surface area contributed by atoms with Gasteiger partial charge in [0.25, 0.3) is 5.91 Å². The first kappa shape index (κ1) is 27.4. The fraction of sp³-hybridized carbons (Fsp3) is 0.323. The number of anilines is 1. The molecular formula is C31H30FN7O3. The van der Waals surface area contributed by atoms with Crippen LogP contribution in [0.3, 0.4) is 0 Å². The highest BCUT2D eigenvalue weighted by molar-refractivity contribution is 5.99. The third-order valence-corrected chi connectivity index (χ3v) is 7.74. The number of nitrogen functional groups attached to an aromatic ring is 1. The Morgan fingerprint density at radius 3 is 2.69 bits per heavy atom. The predicted octanol–water partition coefficient (Wildman–Crippen LogP) is 5.05. The number of likely N-dealkylation sites (tertiary alicyclic amines) is 1. The van der Waals surface area contributed by atoms with Gasteiger partial charge in [0.2, 0.25) is 0 Å². The summed E-state index contributed by atoms with van der Waals surface area (Å²) in [6.07, 6.45) is 6.16. The minimum absolute atomic E-state index is 0.148. The Labute approximate surface area is 242 Å². The molecule has 2 fully saturated rings. The number of para-hydroxylation sites is 1. The van der Waals surface area contributed by atoms with Crippen molar-refractivity contribution >= 4 is 22.8 Å². The number of amides is 1. The van der Waals surface area contributed by atoms with Gasteiger partial charge in [0.15, 0.2) is 5.65 Å². The van der Waals surface area contributed by atoms with Gasteiger partial charge >= 0.3 is 0 Å². The number of nitrogens with zero attached hydrogens (tertiary/aromatic N) is 6. The van der Waals surface area contributed by atoms with Crippen LogP contribution in [0.2, 0.25) is 0 Å². The molecule has 0 radical (unpaired) electrons. The van der Waals surface area contributed by atoms with Crippen molar-refractivity contribution in [2.75, 3.05) is 32.0 Å². The summed E-state index contributed by atoms with van der Waals surface area (Å²) in [7, 11) is 0. The Morgan fingerprint density at radius 2 is 1.93 bits per heavy atom. The quantitative estimate of drug-likeness (QED) is 0.253. The predicted molar refractivity (Wildman–Crippen MR) is 154 cm³/mol. The number of hydrogen-bond acceptors (Lipinski definition) is 8. The molecule has 0 bridgehead atoms. The average molecular weight is 568 g/mol. The maximum Gasteiger partial charge on any atom is 0.264 e. The van der Waals surface area contributed by atoms with Gasteiger partial charge in [-0.25, -0.2) is 19.0 Å². The second-order valence-electron chi connectivity index (χ2n) is 10.5. The number of halogens is 1. The molecule has 2 aromatic carbocycles. The Bertz CT molecular complexity index is 1680. The lowest BCUT2D eigenvalue weighted by Crippen LogP contribution is -2.41. The van der Waals surface area contributed by atoms with E-state index in [4.69, 9.17) is 20.3 Å². The number of rotatable bonds is 6. The van der Waals surface area contributed by atoms with E-state index >= 15 is 4.39 Å². The maximum atomic E-state index is 15.5. The molecule has 0 saturated carbocycles. The van der Waals surface area contributed by atoms with Crippen LogP contribution >= 0.6 is 0 Å². The molecule has 11 heteroatoms. The molecule has 10 nitrogen and oxygen atoms in total. The zero-order valence-electron chi connectivity index (χ0n) is 22.9. The van der Waals surface area contributed by atoms with Crippen LogP contribution in [-0.4, -0.2) is 56.9 Å². The van der Waals surface area contributed by atoms with Crippen LogP contribution in [0.15, 0.2) is 66.5 Å². The molecule has 6 rings (SSSR count). The molecular weight excluding hydrogens is 537 g/mol. The third kappa shape index (κ3) is 5.53. The van der Waals surface area contributed by atoms with Crippen molar-refractivity contribution in [3.05, 3.63) is 72.3 Å². The van der Waals surface area contributed by atoms with Crippen molar-refractivity contribution in [2.45, 2.75) is 31.7 Å². The van der Waals surface area contributed by atoms with Gasteiger partial charge < -0.3 is 20.1 Å². The van der Waals surface area contributed by atoms with Crippen LogP contribution in [0.5, 0.6) is 11.5 Å². The maximum absolute atomic E-state index is 15.5. The first-order valence-corrected chi connectivity index (χ1v) is 14.0. The lowest BCUT2D eigenvalue weighted by molar-refractivity contribution is -0.128. The molecule has 1 amide bonds. The molecule has 2 N–H and O–H groups in total. The number of allylic oxidation sites excluding steroid dienone is 1. The van der Waals surface area contributed by atoms with Crippen molar-refractivity contribution in [2.24, 2.45) is 5.92 Å². The lowest BCUT2D eigenvalue weighted by Gasteiger charge is -2.33. The van der Waals surface area contributed by atoms with Crippen LogP contribution in [0.1, 0.15) is 31.7 Å². The van der Waals surface area contributed by atoms with Gasteiger partial charge in [-0.05, 0) is 55.9 Å². The van der Waals surface area contributed by atoms with Crippen LogP contribution in [0.25, 0.3) is 22.3 Å². The SMILES string of the molecule is N#C/C(=C\C1CCOCC1)C(=O)N1CCC[C@H](n2nc(-c3ccc(Oc4ccccc4)cc3F)c3c(N)ncnc32)C1. The first-order valence-electron chi connectivity index (χ1n) is 14.0. The number of benzene rings is 2. The highest BCUT2D eigenvalue weighted by atomic mass is 19.1. The second kappa shape index (κ2) is 12.0. The van der Waals surface area contributed by atoms with Gasteiger partial charge in [-0.15, -0.1) is 0 Å². The van der Waals surface area contributed by atoms with Crippen molar-refractivity contribution in [3.8, 4) is 28.8 Å². The summed E-state index contributed by atoms with van der Waals surface area (Å²) in [5.74, 6) is 0.444. The van der Waals surface area contributed by atoms with Crippen LogP contribution in [0, 0.1) is 23.1 Å². The normalized spacial score (nSPS) is 18.1. The summed E-state index contributed by atoms with van der Waals surface area (Å²) < 4.78 is 28.4. The molecule has 2 aliphatic heterocycles. The van der Waals surface area contributed by atoms with Gasteiger partial charge in [0, 0.05) is 37.9 Å². The molecule has 214 valence electrons. The number of carbonyl (C=O) groups excluding carboxylic acids is 1. The molecule has 0 unspecified atom stereocenters. The Balaban J connectivity index is 1.29. The number of nitriles is 1. The van der Waals surface area contributed by atoms with Crippen LogP contribution in [-0.2, 0) is 9.53 Å². The van der Waals surface area contributed by atoms with E-state index in [-0.39, 0.29) is 34.8 Å². The highest BCUT2D eigenvalue weighted by Gasteiger charge is 2.31. The first-order chi connectivity index (χ1) is 20.5. The second-order valence-corrected chi connectivity index (χ2v) is 10.5. The van der Waals surface area contributed by atoms with Crippen molar-refractivity contribution in [1.82, 2.24) is 24.6 Å². The number of hydrogen-bond donors (Lipinski definition) is 1. The van der Waals surface area contributed by atoms with E-state index in [2.05, 4.69) is 16.0 Å². The summed E-state index contributed by atoms with van der Waals surface area (Å²) in [6, 6.07) is 15.6. The van der Waals surface area contributed by atoms with Crippen molar-refractivity contribution in [1.29, 1.82) is 5.26 Å². The Hall–Kier alpha value is -4.82. The molecule has 42 heavy (non-hydrogen) atoms. The van der Waals surface area contributed by atoms with Gasteiger partial charge in [-0.1, -0.05) is 24.3 Å². The third-order valence-electron chi connectivity index (χ3n) is 7.74. The molecule has 0 aliphatic carbocycles. The van der Waals surface area contributed by atoms with E-state index in [1.54, 1.807) is 39.9 Å². The number of ether oxygens (including phenoxy) is 2. The number of nitrogens with two attached hydrogens (primary N) is 1. The molecule has 2 aliphatic rings. The van der Waals surface area contributed by atoms with Crippen molar-refractivity contribution < 1.29 is 18.7 Å². The van der Waals surface area contributed by atoms with E-state index in [9.17, 15) is 10.1 Å². The summed E-state index contributed by atoms with van der Waals surface area (Å²) >= 11 is 0. The topological polar surface area (TPSA) is 132 Å². The summed E-state index contributed by atoms with van der Waals surface area (Å²) in [4.78, 5) is 23.7. The van der Waals surface area contributed by atoms with Crippen LogP contribution in [0.4, 0.5) is 10.2 Å². The van der Waals surface area contributed by atoms with E-state index < -0.39 is 5.82 Å². The Kier molecular flexibility index (Phi) is 7.79. The molecule has 4 heterocycles. The van der Waals surface area contributed by atoms with E-state index in [0.717, 1.165) is 19.3 Å². The van der Waals surface area contributed by atoms with Crippen LogP contribution < -0.4 is 10.5 Å². The molecule has 0 spiro atoms. The largest absolute Gasteiger partial charge is 0.457 e. The summed E-state index contributed by atoms with van der Waals surface area (Å²) in [5, 5.41) is 15.0. The number of piperidine rings is 1. The van der Waals surface area contributed by atoms with E-state index in [1.807, 2.05) is 18.2 Å².